The van der Waals surface area contributed by atoms with Gasteiger partial charge >= 0.3 is 11.9 Å². The molecule has 11 heteroatoms. The summed E-state index contributed by atoms with van der Waals surface area (Å²) in [5.74, 6) is -2.44. The second-order valence-corrected chi connectivity index (χ2v) is 6.51. The third-order valence-corrected chi connectivity index (χ3v) is 4.71. The Morgan fingerprint density at radius 3 is 2.74 bits per heavy atom. The van der Waals surface area contributed by atoms with Gasteiger partial charge in [0.2, 0.25) is 0 Å². The molecule has 7 nitrogen and oxygen atoms in total. The third kappa shape index (κ3) is 3.16. The van der Waals surface area contributed by atoms with E-state index in [1.165, 1.54) is 10.6 Å². The average molecular weight is 395 g/mol. The molecule has 0 aliphatic rings. The van der Waals surface area contributed by atoms with Crippen molar-refractivity contribution >= 4 is 28.2 Å². The highest BCUT2D eigenvalue weighted by molar-refractivity contribution is 7.17. The molecule has 0 aliphatic heterocycles. The smallest absolute Gasteiger partial charge is 0.408 e. The summed E-state index contributed by atoms with van der Waals surface area (Å²) in [5, 5.41) is 3.73. The van der Waals surface area contributed by atoms with Gasteiger partial charge in [0.1, 0.15) is 0 Å². The minimum atomic E-state index is -4.95. The molecule has 0 fully saturated rings. The summed E-state index contributed by atoms with van der Waals surface area (Å²) in [5.41, 5.74) is 0.947. The van der Waals surface area contributed by atoms with Gasteiger partial charge in [-0.2, -0.15) is 18.2 Å². The zero-order valence-electron chi connectivity index (χ0n) is 13.2. The number of oxazole rings is 1. The van der Waals surface area contributed by atoms with Crippen LogP contribution < -0.4 is 5.76 Å². The highest BCUT2D eigenvalue weighted by atomic mass is 32.1. The number of halogens is 3. The Labute approximate surface area is 151 Å². The van der Waals surface area contributed by atoms with Crippen LogP contribution in [0.1, 0.15) is 15.5 Å². The van der Waals surface area contributed by atoms with Crippen LogP contribution in [-0.4, -0.2) is 26.7 Å². The Hall–Kier alpha value is -3.21. The van der Waals surface area contributed by atoms with E-state index in [1.807, 2.05) is 0 Å². The Bertz CT molecular complexity index is 1200. The van der Waals surface area contributed by atoms with Gasteiger partial charge in [-0.25, -0.2) is 4.79 Å². The van der Waals surface area contributed by atoms with Gasteiger partial charge in [-0.15, -0.1) is 11.3 Å². The van der Waals surface area contributed by atoms with E-state index in [9.17, 15) is 22.8 Å². The van der Waals surface area contributed by atoms with Crippen LogP contribution in [0.3, 0.4) is 0 Å². The number of ketones is 1. The molecule has 0 bridgehead atoms. The SMILES string of the molecule is O=C(c1ccc(-c2nc(Cn3c(=O)oc4ccccc43)no2)s1)C(F)(F)F. The molecular formula is C16H8F3N3O4S. The number of thiophene rings is 1. The molecule has 0 amide bonds. The standard InChI is InChI=1S/C16H8F3N3O4S/c17-16(18,19)13(23)10-5-6-11(27-10)14-20-12(21-26-14)7-22-8-3-1-2-4-9(8)25-15(22)24/h1-6H,7H2. The van der Waals surface area contributed by atoms with Crippen LogP contribution in [0.4, 0.5) is 13.2 Å². The van der Waals surface area contributed by atoms with Crippen LogP contribution in [0.2, 0.25) is 0 Å². The van der Waals surface area contributed by atoms with Crippen molar-refractivity contribution in [3.05, 3.63) is 57.7 Å². The first-order chi connectivity index (χ1) is 12.8. The van der Waals surface area contributed by atoms with Gasteiger partial charge in [0, 0.05) is 0 Å². The van der Waals surface area contributed by atoms with Gasteiger partial charge < -0.3 is 8.94 Å². The number of Topliss-reactive ketones (excluding diaryl/α,β-unsaturated/α-hetero) is 1. The number of alkyl halides is 3. The fraction of sp³-hybridized carbons (Fsp3) is 0.125. The number of benzene rings is 1. The fourth-order valence-corrected chi connectivity index (χ4v) is 3.33. The van der Waals surface area contributed by atoms with E-state index >= 15 is 0 Å². The van der Waals surface area contributed by atoms with E-state index in [0.717, 1.165) is 6.07 Å². The Balaban J connectivity index is 1.61. The summed E-state index contributed by atoms with van der Waals surface area (Å²) in [6, 6.07) is 9.13. The molecule has 27 heavy (non-hydrogen) atoms. The molecule has 4 rings (SSSR count). The Morgan fingerprint density at radius 1 is 1.19 bits per heavy atom. The molecule has 0 saturated heterocycles. The number of carbonyl (C=O) groups excluding carboxylic acids is 1. The van der Waals surface area contributed by atoms with Crippen molar-refractivity contribution in [1.29, 1.82) is 0 Å². The topological polar surface area (TPSA) is 91.1 Å². The zero-order valence-corrected chi connectivity index (χ0v) is 14.0. The summed E-state index contributed by atoms with van der Waals surface area (Å²) < 4.78 is 48.9. The van der Waals surface area contributed by atoms with E-state index in [1.54, 1.807) is 24.3 Å². The maximum atomic E-state index is 12.5. The average Bonchev–Trinajstić information content (AvgIpc) is 3.33. The number of hydrogen-bond donors (Lipinski definition) is 0. The lowest BCUT2D eigenvalue weighted by molar-refractivity contribution is -0.0882. The lowest BCUT2D eigenvalue weighted by Gasteiger charge is -2.00. The van der Waals surface area contributed by atoms with Crippen LogP contribution in [0.5, 0.6) is 0 Å². The largest absolute Gasteiger partial charge is 0.455 e. The Morgan fingerprint density at radius 2 is 1.96 bits per heavy atom. The van der Waals surface area contributed by atoms with Gasteiger partial charge in [0.25, 0.3) is 11.7 Å². The predicted octanol–water partition coefficient (Wildman–Crippen LogP) is 3.50. The number of carbonyl (C=O) groups is 1. The second-order valence-electron chi connectivity index (χ2n) is 5.43. The minimum absolute atomic E-state index is 0.0426. The molecule has 4 aromatic rings. The molecule has 0 N–H and O–H groups in total. The predicted molar refractivity (Wildman–Crippen MR) is 87.6 cm³/mol. The van der Waals surface area contributed by atoms with Gasteiger partial charge in [-0.1, -0.05) is 17.3 Å². The lowest BCUT2D eigenvalue weighted by Crippen LogP contribution is -2.21. The fourth-order valence-electron chi connectivity index (χ4n) is 2.44. The molecule has 0 radical (unpaired) electrons. The van der Waals surface area contributed by atoms with E-state index in [0.29, 0.717) is 22.4 Å². The summed E-state index contributed by atoms with van der Waals surface area (Å²) in [6.07, 6.45) is -4.95. The molecule has 138 valence electrons. The minimum Gasteiger partial charge on any atom is -0.408 e. The quantitative estimate of drug-likeness (QED) is 0.491. The highest BCUT2D eigenvalue weighted by Crippen LogP contribution is 2.31. The molecule has 3 aromatic heterocycles. The van der Waals surface area contributed by atoms with E-state index in [2.05, 4.69) is 10.1 Å². The summed E-state index contributed by atoms with van der Waals surface area (Å²) >= 11 is 0.595. The summed E-state index contributed by atoms with van der Waals surface area (Å²) in [6.45, 7) is -0.0426. The molecular weight excluding hydrogens is 387 g/mol. The highest BCUT2D eigenvalue weighted by Gasteiger charge is 2.40. The number of nitrogens with zero attached hydrogens (tertiary/aromatic N) is 3. The zero-order chi connectivity index (χ0) is 19.2. The number of aromatic nitrogens is 3. The maximum absolute atomic E-state index is 12.5. The van der Waals surface area contributed by atoms with Crippen molar-refractivity contribution in [2.45, 2.75) is 12.7 Å². The number of hydrogen-bond acceptors (Lipinski definition) is 7. The van der Waals surface area contributed by atoms with Crippen LogP contribution >= 0.6 is 11.3 Å². The molecule has 0 unspecified atom stereocenters. The number of rotatable bonds is 4. The van der Waals surface area contributed by atoms with Crippen molar-refractivity contribution in [2.24, 2.45) is 0 Å². The summed E-state index contributed by atoms with van der Waals surface area (Å²) in [4.78, 5) is 27.0. The van der Waals surface area contributed by atoms with Crippen LogP contribution in [0.15, 0.2) is 50.1 Å². The van der Waals surface area contributed by atoms with Crippen LogP contribution in [0.25, 0.3) is 21.9 Å². The van der Waals surface area contributed by atoms with Crippen molar-refractivity contribution in [3.8, 4) is 10.8 Å². The van der Waals surface area contributed by atoms with Crippen LogP contribution in [0, 0.1) is 0 Å². The molecule has 0 atom stereocenters. The molecule has 0 spiro atoms. The van der Waals surface area contributed by atoms with E-state index in [4.69, 9.17) is 8.94 Å². The van der Waals surface area contributed by atoms with Gasteiger partial charge in [-0.3, -0.25) is 9.36 Å². The lowest BCUT2D eigenvalue weighted by atomic mass is 10.3. The van der Waals surface area contributed by atoms with Gasteiger partial charge in [-0.05, 0) is 24.3 Å². The monoisotopic (exact) mass is 395 g/mol. The van der Waals surface area contributed by atoms with E-state index in [-0.39, 0.29) is 23.1 Å². The van der Waals surface area contributed by atoms with Crippen molar-refractivity contribution in [3.63, 3.8) is 0 Å². The first kappa shape index (κ1) is 17.2. The summed E-state index contributed by atoms with van der Waals surface area (Å²) in [7, 11) is 0. The molecule has 0 aliphatic carbocycles. The van der Waals surface area contributed by atoms with Gasteiger partial charge in [0.05, 0.1) is 21.8 Å². The van der Waals surface area contributed by atoms with Gasteiger partial charge in [0.15, 0.2) is 11.4 Å². The van der Waals surface area contributed by atoms with Crippen molar-refractivity contribution in [1.82, 2.24) is 14.7 Å². The molecule has 0 saturated carbocycles. The number of fused-ring (bicyclic) bond motifs is 1. The molecule has 1 aromatic carbocycles. The third-order valence-electron chi connectivity index (χ3n) is 3.64. The molecule has 3 heterocycles. The Kier molecular flexibility index (Phi) is 3.95. The maximum Gasteiger partial charge on any atom is 0.455 e. The first-order valence-corrected chi connectivity index (χ1v) is 8.27. The van der Waals surface area contributed by atoms with E-state index < -0.39 is 22.6 Å². The van der Waals surface area contributed by atoms with Crippen molar-refractivity contribution in [2.75, 3.05) is 0 Å². The normalized spacial score (nSPS) is 12.0. The first-order valence-electron chi connectivity index (χ1n) is 7.45. The second kappa shape index (κ2) is 6.20. The van der Waals surface area contributed by atoms with Crippen LogP contribution in [-0.2, 0) is 6.54 Å². The van der Waals surface area contributed by atoms with Crippen molar-refractivity contribution < 1.29 is 26.9 Å². The number of para-hydroxylation sites is 2.